The van der Waals surface area contributed by atoms with Crippen molar-refractivity contribution in [1.82, 2.24) is 9.88 Å². The molecule has 1 aromatic heterocycles. The average Bonchev–Trinajstić information content (AvgIpc) is 2.73. The number of hydrogen-bond acceptors (Lipinski definition) is 4. The third-order valence-corrected chi connectivity index (χ3v) is 5.30. The summed E-state index contributed by atoms with van der Waals surface area (Å²) in [4.78, 5) is 34.5. The van der Waals surface area contributed by atoms with Gasteiger partial charge < -0.3 is 9.64 Å². The second-order valence-electron chi connectivity index (χ2n) is 9.24. The number of ether oxygens (including phenoxy) is 1. The average molecular weight is 424 g/mol. The zero-order chi connectivity index (χ0) is 22.6. The molecule has 31 heavy (non-hydrogen) atoms. The Bertz CT molecular complexity index is 906. The van der Waals surface area contributed by atoms with Crippen LogP contribution in [0.4, 0.5) is 10.6 Å². The molecule has 166 valence electrons. The maximum Gasteiger partial charge on any atom is 0.416 e. The Hall–Kier alpha value is -2.89. The number of amides is 2. The zero-order valence-electron chi connectivity index (χ0n) is 19.2. The first kappa shape index (κ1) is 22.8. The number of aromatic nitrogens is 1. The molecule has 1 aromatic carbocycles. The van der Waals surface area contributed by atoms with E-state index in [0.29, 0.717) is 17.9 Å². The summed E-state index contributed by atoms with van der Waals surface area (Å²) in [5.74, 6) is 0.568. The lowest BCUT2D eigenvalue weighted by molar-refractivity contribution is 0.0567. The van der Waals surface area contributed by atoms with Crippen LogP contribution in [0.3, 0.4) is 0 Å². The second-order valence-corrected chi connectivity index (χ2v) is 9.24. The second kappa shape index (κ2) is 9.50. The van der Waals surface area contributed by atoms with Crippen LogP contribution < -0.4 is 4.90 Å². The Morgan fingerprint density at radius 3 is 2.45 bits per heavy atom. The minimum atomic E-state index is -0.612. The number of likely N-dealkylation sites (tertiary alicyclic amines) is 1. The lowest BCUT2D eigenvalue weighted by atomic mass is 9.94. The fourth-order valence-corrected chi connectivity index (χ4v) is 3.97. The minimum absolute atomic E-state index is 0.00784. The van der Waals surface area contributed by atoms with E-state index in [1.807, 2.05) is 82.0 Å². The SMILES string of the molecule is CC(C)N(C(=O)OC(C)(C)C)c1ncccc1[C@H]1CCCCN1C(=O)c1ccccc1. The molecule has 1 atom stereocenters. The van der Waals surface area contributed by atoms with Gasteiger partial charge in [0.2, 0.25) is 0 Å². The van der Waals surface area contributed by atoms with Crippen molar-refractivity contribution < 1.29 is 14.3 Å². The fourth-order valence-electron chi connectivity index (χ4n) is 3.97. The molecule has 0 N–H and O–H groups in total. The Balaban J connectivity index is 2.00. The van der Waals surface area contributed by atoms with Gasteiger partial charge in [-0.2, -0.15) is 0 Å². The lowest BCUT2D eigenvalue weighted by Gasteiger charge is -2.38. The molecule has 6 heteroatoms. The van der Waals surface area contributed by atoms with Gasteiger partial charge in [0.25, 0.3) is 5.91 Å². The van der Waals surface area contributed by atoms with Crippen molar-refractivity contribution in [2.45, 2.75) is 71.6 Å². The zero-order valence-corrected chi connectivity index (χ0v) is 19.2. The van der Waals surface area contributed by atoms with Gasteiger partial charge in [0.05, 0.1) is 6.04 Å². The van der Waals surface area contributed by atoms with Gasteiger partial charge in [0.15, 0.2) is 0 Å². The number of carbonyl (C=O) groups excluding carboxylic acids is 2. The van der Waals surface area contributed by atoms with Crippen molar-refractivity contribution in [2.75, 3.05) is 11.4 Å². The van der Waals surface area contributed by atoms with Crippen LogP contribution in [0, 0.1) is 0 Å². The molecule has 1 aliphatic heterocycles. The van der Waals surface area contributed by atoms with E-state index in [1.54, 1.807) is 11.1 Å². The van der Waals surface area contributed by atoms with E-state index in [1.165, 1.54) is 0 Å². The normalized spacial score (nSPS) is 16.8. The monoisotopic (exact) mass is 423 g/mol. The maximum absolute atomic E-state index is 13.3. The number of benzene rings is 1. The predicted octanol–water partition coefficient (Wildman–Crippen LogP) is 5.60. The van der Waals surface area contributed by atoms with Crippen LogP contribution in [-0.2, 0) is 4.74 Å². The molecule has 0 saturated carbocycles. The van der Waals surface area contributed by atoms with Gasteiger partial charge in [0, 0.05) is 29.9 Å². The highest BCUT2D eigenvalue weighted by Crippen LogP contribution is 2.37. The molecule has 1 aliphatic rings. The highest BCUT2D eigenvalue weighted by Gasteiger charge is 2.34. The number of anilines is 1. The molecular formula is C25H33N3O3. The number of piperidine rings is 1. The number of carbonyl (C=O) groups is 2. The summed E-state index contributed by atoms with van der Waals surface area (Å²) in [6.45, 7) is 10.1. The third kappa shape index (κ3) is 5.43. The molecule has 1 fully saturated rings. The molecular weight excluding hydrogens is 390 g/mol. The summed E-state index contributed by atoms with van der Waals surface area (Å²) in [5, 5.41) is 0. The summed E-state index contributed by atoms with van der Waals surface area (Å²) >= 11 is 0. The first-order valence-corrected chi connectivity index (χ1v) is 11.0. The van der Waals surface area contributed by atoms with E-state index < -0.39 is 11.7 Å². The van der Waals surface area contributed by atoms with Crippen LogP contribution in [0.15, 0.2) is 48.7 Å². The molecule has 2 heterocycles. The van der Waals surface area contributed by atoms with Crippen molar-refractivity contribution in [1.29, 1.82) is 0 Å². The van der Waals surface area contributed by atoms with Crippen molar-refractivity contribution in [3.05, 3.63) is 59.8 Å². The smallest absolute Gasteiger partial charge is 0.416 e. The first-order valence-electron chi connectivity index (χ1n) is 11.0. The maximum atomic E-state index is 13.3. The van der Waals surface area contributed by atoms with Crippen LogP contribution >= 0.6 is 0 Å². The molecule has 0 unspecified atom stereocenters. The van der Waals surface area contributed by atoms with E-state index in [9.17, 15) is 9.59 Å². The van der Waals surface area contributed by atoms with Gasteiger partial charge in [-0.3, -0.25) is 9.69 Å². The number of rotatable bonds is 4. The summed E-state index contributed by atoms with van der Waals surface area (Å²) in [7, 11) is 0. The topological polar surface area (TPSA) is 62.7 Å². The summed E-state index contributed by atoms with van der Waals surface area (Å²) < 4.78 is 5.67. The quantitative estimate of drug-likeness (QED) is 0.642. The van der Waals surface area contributed by atoms with Crippen LogP contribution in [0.5, 0.6) is 0 Å². The van der Waals surface area contributed by atoms with Gasteiger partial charge in [-0.05, 0) is 72.1 Å². The van der Waals surface area contributed by atoms with Crippen molar-refractivity contribution in [2.24, 2.45) is 0 Å². The highest BCUT2D eigenvalue weighted by molar-refractivity contribution is 5.95. The molecule has 0 spiro atoms. The van der Waals surface area contributed by atoms with Crippen molar-refractivity contribution in [3.8, 4) is 0 Å². The van der Waals surface area contributed by atoms with Gasteiger partial charge in [-0.25, -0.2) is 9.78 Å². The molecule has 0 radical (unpaired) electrons. The molecule has 3 rings (SSSR count). The lowest BCUT2D eigenvalue weighted by Crippen LogP contribution is -2.44. The third-order valence-electron chi connectivity index (χ3n) is 5.30. The van der Waals surface area contributed by atoms with Gasteiger partial charge in [-0.15, -0.1) is 0 Å². The summed E-state index contributed by atoms with van der Waals surface area (Å²) in [5.41, 5.74) is 0.943. The molecule has 0 bridgehead atoms. The summed E-state index contributed by atoms with van der Waals surface area (Å²) in [6.07, 6.45) is 4.07. The van der Waals surface area contributed by atoms with E-state index in [-0.39, 0.29) is 18.0 Å². The highest BCUT2D eigenvalue weighted by atomic mass is 16.6. The fraction of sp³-hybridized carbons (Fsp3) is 0.480. The van der Waals surface area contributed by atoms with Crippen LogP contribution in [0.2, 0.25) is 0 Å². The largest absolute Gasteiger partial charge is 0.443 e. The Morgan fingerprint density at radius 2 is 1.81 bits per heavy atom. The standard InChI is InChI=1S/C25H33N3O3/c1-18(2)28(24(30)31-25(3,4)5)22-20(14-11-16-26-22)21-15-9-10-17-27(21)23(29)19-12-7-6-8-13-19/h6-8,11-14,16,18,21H,9-10,15,17H2,1-5H3/t21-/m1/s1. The van der Waals surface area contributed by atoms with Gasteiger partial charge in [0.1, 0.15) is 11.4 Å². The molecule has 0 aliphatic carbocycles. The van der Waals surface area contributed by atoms with Gasteiger partial charge >= 0.3 is 6.09 Å². The molecule has 6 nitrogen and oxygen atoms in total. The molecule has 2 aromatic rings. The van der Waals surface area contributed by atoms with Crippen LogP contribution in [0.25, 0.3) is 0 Å². The number of pyridine rings is 1. The molecule has 1 saturated heterocycles. The van der Waals surface area contributed by atoms with Crippen molar-refractivity contribution in [3.63, 3.8) is 0 Å². The Labute approximate surface area is 185 Å². The van der Waals surface area contributed by atoms with E-state index >= 15 is 0 Å². The van der Waals surface area contributed by atoms with E-state index in [0.717, 1.165) is 24.8 Å². The van der Waals surface area contributed by atoms with Gasteiger partial charge in [-0.1, -0.05) is 24.3 Å². The van der Waals surface area contributed by atoms with E-state index in [2.05, 4.69) is 4.98 Å². The van der Waals surface area contributed by atoms with Crippen molar-refractivity contribution >= 4 is 17.8 Å². The molecule has 2 amide bonds. The van der Waals surface area contributed by atoms with E-state index in [4.69, 9.17) is 4.74 Å². The summed E-state index contributed by atoms with van der Waals surface area (Å²) in [6, 6.07) is 12.9. The predicted molar refractivity (Wildman–Crippen MR) is 122 cm³/mol. The number of nitrogens with zero attached hydrogens (tertiary/aromatic N) is 3. The Kier molecular flexibility index (Phi) is 6.98. The number of hydrogen-bond donors (Lipinski definition) is 0. The van der Waals surface area contributed by atoms with Crippen LogP contribution in [-0.4, -0.2) is 40.1 Å². The minimum Gasteiger partial charge on any atom is -0.443 e. The van der Waals surface area contributed by atoms with Crippen LogP contribution in [0.1, 0.15) is 75.8 Å². The Morgan fingerprint density at radius 1 is 1.10 bits per heavy atom. The first-order chi connectivity index (χ1) is 14.7.